The summed E-state index contributed by atoms with van der Waals surface area (Å²) in [5.74, 6) is -2.02. The van der Waals surface area contributed by atoms with Gasteiger partial charge in [0, 0.05) is 17.7 Å². The molecule has 0 spiro atoms. The number of hydrogen-bond acceptors (Lipinski definition) is 8. The summed E-state index contributed by atoms with van der Waals surface area (Å²) >= 11 is 12.9. The number of unbranched alkanes of at least 4 members (excludes halogenated alkanes) is 1. The zero-order chi connectivity index (χ0) is 28.8. The molecule has 0 aliphatic carbocycles. The van der Waals surface area contributed by atoms with E-state index in [4.69, 9.17) is 27.9 Å². The van der Waals surface area contributed by atoms with Crippen molar-refractivity contribution in [2.75, 3.05) is 11.5 Å². The summed E-state index contributed by atoms with van der Waals surface area (Å²) < 4.78 is 5.11. The molecule has 2 heterocycles. The zero-order valence-corrected chi connectivity index (χ0v) is 23.7. The Morgan fingerprint density at radius 1 is 1.07 bits per heavy atom. The molecule has 40 heavy (non-hydrogen) atoms. The Morgan fingerprint density at radius 2 is 1.80 bits per heavy atom. The van der Waals surface area contributed by atoms with E-state index in [-0.39, 0.29) is 22.6 Å². The minimum Gasteiger partial charge on any atom is -0.454 e. The van der Waals surface area contributed by atoms with Gasteiger partial charge >= 0.3 is 5.97 Å². The fourth-order valence-corrected chi connectivity index (χ4v) is 5.38. The number of nitriles is 1. The molecule has 204 valence electrons. The molecule has 0 N–H and O–H groups in total. The first-order valence-corrected chi connectivity index (χ1v) is 14.0. The number of amides is 2. The number of pyridine rings is 1. The molecule has 1 saturated heterocycles. The first-order valence-electron chi connectivity index (χ1n) is 12.4. The number of Topliss-reactive ketones (excluding diaryl/α,β-unsaturated/α-hetero) is 1. The lowest BCUT2D eigenvalue weighted by Crippen LogP contribution is -2.31. The van der Waals surface area contributed by atoms with Crippen LogP contribution in [0.25, 0.3) is 0 Å². The standard InChI is InChI=1S/C29H23Cl2N3O5S/c1-2-3-4-20-9-5-19(15-32)27(33-20)40-25-14-26(36)34(28(25)37)21-10-6-17(7-11-21)29(38)39-16-24(35)18-8-12-22(30)23(31)13-18/h5-13,25H,2-4,14,16H2,1H3. The molecule has 2 amide bonds. The van der Waals surface area contributed by atoms with Gasteiger partial charge in [0.2, 0.25) is 11.8 Å². The summed E-state index contributed by atoms with van der Waals surface area (Å²) in [6.07, 6.45) is 2.67. The summed E-state index contributed by atoms with van der Waals surface area (Å²) in [7, 11) is 0. The minimum atomic E-state index is -0.745. The smallest absolute Gasteiger partial charge is 0.338 e. The highest BCUT2D eigenvalue weighted by molar-refractivity contribution is 8.00. The van der Waals surface area contributed by atoms with Gasteiger partial charge in [0.1, 0.15) is 11.1 Å². The van der Waals surface area contributed by atoms with Gasteiger partial charge in [0.25, 0.3) is 0 Å². The average molecular weight is 596 g/mol. The third-order valence-corrected chi connectivity index (χ3v) is 8.05. The van der Waals surface area contributed by atoms with Gasteiger partial charge in [0.05, 0.1) is 32.1 Å². The number of ether oxygens (including phenoxy) is 1. The van der Waals surface area contributed by atoms with Crippen molar-refractivity contribution in [3.8, 4) is 6.07 Å². The van der Waals surface area contributed by atoms with Crippen molar-refractivity contribution in [2.45, 2.75) is 42.9 Å². The molecule has 1 fully saturated rings. The summed E-state index contributed by atoms with van der Waals surface area (Å²) in [6.45, 7) is 1.58. The highest BCUT2D eigenvalue weighted by atomic mass is 35.5. The Hall–Kier alpha value is -3.71. The van der Waals surface area contributed by atoms with Crippen LogP contribution in [0, 0.1) is 11.3 Å². The van der Waals surface area contributed by atoms with E-state index in [1.165, 1.54) is 42.5 Å². The quantitative estimate of drug-likeness (QED) is 0.157. The molecule has 1 aliphatic heterocycles. The number of anilines is 1. The third-order valence-electron chi connectivity index (χ3n) is 6.12. The predicted octanol–water partition coefficient (Wildman–Crippen LogP) is 6.07. The maximum absolute atomic E-state index is 13.2. The third kappa shape index (κ3) is 6.70. The molecule has 1 aromatic heterocycles. The van der Waals surface area contributed by atoms with Crippen LogP contribution in [0.2, 0.25) is 10.0 Å². The van der Waals surface area contributed by atoms with Crippen molar-refractivity contribution in [3.63, 3.8) is 0 Å². The van der Waals surface area contributed by atoms with Crippen molar-refractivity contribution in [2.24, 2.45) is 0 Å². The van der Waals surface area contributed by atoms with Gasteiger partial charge < -0.3 is 4.74 Å². The molecule has 0 bridgehead atoms. The van der Waals surface area contributed by atoms with Crippen LogP contribution in [0.3, 0.4) is 0 Å². The van der Waals surface area contributed by atoms with E-state index in [0.717, 1.165) is 41.6 Å². The first-order chi connectivity index (χ1) is 19.2. The van der Waals surface area contributed by atoms with Crippen LogP contribution in [0.15, 0.2) is 59.6 Å². The largest absolute Gasteiger partial charge is 0.454 e. The van der Waals surface area contributed by atoms with Crippen LogP contribution >= 0.6 is 35.0 Å². The number of carbonyl (C=O) groups excluding carboxylic acids is 4. The normalized spacial score (nSPS) is 14.8. The lowest BCUT2D eigenvalue weighted by Gasteiger charge is -2.15. The van der Waals surface area contributed by atoms with Crippen LogP contribution in [0.1, 0.15) is 58.2 Å². The number of halogens is 2. The maximum atomic E-state index is 13.2. The molecule has 3 aromatic rings. The Morgan fingerprint density at radius 3 is 2.48 bits per heavy atom. The molecule has 4 rings (SSSR count). The monoisotopic (exact) mass is 595 g/mol. The topological polar surface area (TPSA) is 117 Å². The van der Waals surface area contributed by atoms with Gasteiger partial charge in [-0.25, -0.2) is 14.7 Å². The molecular weight excluding hydrogens is 573 g/mol. The molecule has 11 heteroatoms. The fraction of sp³-hybridized carbons (Fsp3) is 0.241. The predicted molar refractivity (Wildman–Crippen MR) is 152 cm³/mol. The van der Waals surface area contributed by atoms with Crippen LogP contribution in [0.4, 0.5) is 5.69 Å². The van der Waals surface area contributed by atoms with Crippen molar-refractivity contribution in [1.29, 1.82) is 5.26 Å². The van der Waals surface area contributed by atoms with Gasteiger partial charge in [-0.2, -0.15) is 5.26 Å². The number of imide groups is 1. The molecule has 1 atom stereocenters. The van der Waals surface area contributed by atoms with Crippen LogP contribution in [-0.4, -0.2) is 40.4 Å². The Labute approximate surface area is 245 Å². The van der Waals surface area contributed by atoms with Crippen LogP contribution in [-0.2, 0) is 20.7 Å². The van der Waals surface area contributed by atoms with Crippen LogP contribution in [0.5, 0.6) is 0 Å². The Balaban J connectivity index is 1.40. The van der Waals surface area contributed by atoms with Gasteiger partial charge in [-0.3, -0.25) is 14.4 Å². The van der Waals surface area contributed by atoms with Crippen molar-refractivity contribution in [1.82, 2.24) is 4.98 Å². The summed E-state index contributed by atoms with van der Waals surface area (Å²) in [5.41, 5.74) is 1.87. The molecule has 1 aliphatic rings. The molecular formula is C29H23Cl2N3O5S. The number of rotatable bonds is 10. The fourth-order valence-electron chi connectivity index (χ4n) is 3.97. The molecule has 0 radical (unpaired) electrons. The van der Waals surface area contributed by atoms with Crippen molar-refractivity contribution >= 4 is 64.2 Å². The second-order valence-electron chi connectivity index (χ2n) is 8.92. The van der Waals surface area contributed by atoms with E-state index in [1.807, 2.05) is 6.07 Å². The number of aromatic nitrogens is 1. The summed E-state index contributed by atoms with van der Waals surface area (Å²) in [5, 5.41) is 9.70. The van der Waals surface area contributed by atoms with Gasteiger partial charge in [-0.05, 0) is 67.4 Å². The summed E-state index contributed by atoms with van der Waals surface area (Å²) in [4.78, 5) is 56.4. The van der Waals surface area contributed by atoms with E-state index in [0.29, 0.717) is 21.3 Å². The molecule has 0 saturated carbocycles. The zero-order valence-electron chi connectivity index (χ0n) is 21.4. The van der Waals surface area contributed by atoms with E-state index < -0.39 is 35.4 Å². The summed E-state index contributed by atoms with van der Waals surface area (Å²) in [6, 6.07) is 15.7. The van der Waals surface area contributed by atoms with Gasteiger partial charge in [0.15, 0.2) is 12.4 Å². The highest BCUT2D eigenvalue weighted by Gasteiger charge is 2.40. The van der Waals surface area contributed by atoms with Gasteiger partial charge in [-0.15, -0.1) is 0 Å². The van der Waals surface area contributed by atoms with E-state index in [2.05, 4.69) is 18.0 Å². The maximum Gasteiger partial charge on any atom is 0.338 e. The second-order valence-corrected chi connectivity index (χ2v) is 10.9. The average Bonchev–Trinajstić information content (AvgIpc) is 3.23. The molecule has 8 nitrogen and oxygen atoms in total. The lowest BCUT2D eigenvalue weighted by atomic mass is 10.1. The highest BCUT2D eigenvalue weighted by Crippen LogP contribution is 2.35. The SMILES string of the molecule is CCCCc1ccc(C#N)c(SC2CC(=O)N(c3ccc(C(=O)OCC(=O)c4ccc(Cl)c(Cl)c4)cc3)C2=O)n1. The van der Waals surface area contributed by atoms with Crippen molar-refractivity contribution < 1.29 is 23.9 Å². The minimum absolute atomic E-state index is 0.0458. The van der Waals surface area contributed by atoms with Crippen molar-refractivity contribution in [3.05, 3.63) is 87.0 Å². The number of benzene rings is 2. The molecule has 1 unspecified atom stereocenters. The van der Waals surface area contributed by atoms with Crippen LogP contribution < -0.4 is 4.90 Å². The number of esters is 1. The Bertz CT molecular complexity index is 1520. The Kier molecular flexibility index (Phi) is 9.58. The lowest BCUT2D eigenvalue weighted by molar-refractivity contribution is -0.121. The number of hydrogen-bond donors (Lipinski definition) is 0. The number of ketones is 1. The molecule has 2 aromatic carbocycles. The van der Waals surface area contributed by atoms with E-state index in [1.54, 1.807) is 6.07 Å². The van der Waals surface area contributed by atoms with E-state index in [9.17, 15) is 24.4 Å². The number of thioether (sulfide) groups is 1. The van der Waals surface area contributed by atoms with E-state index >= 15 is 0 Å². The number of nitrogens with zero attached hydrogens (tertiary/aromatic N) is 3. The number of aryl methyl sites for hydroxylation is 1. The first kappa shape index (κ1) is 29.3. The van der Waals surface area contributed by atoms with Gasteiger partial charge in [-0.1, -0.05) is 48.3 Å². The number of carbonyl (C=O) groups is 4. The second kappa shape index (κ2) is 13.1.